The molecular weight excluding hydrogens is 240 g/mol. The van der Waals surface area contributed by atoms with Crippen LogP contribution in [0, 0.1) is 16.7 Å². The number of nitrogens with zero attached hydrogens (tertiary/aromatic N) is 1. The molecule has 5 heteroatoms. The van der Waals surface area contributed by atoms with Crippen LogP contribution in [0.25, 0.3) is 6.08 Å². The van der Waals surface area contributed by atoms with Crippen LogP contribution < -0.4 is 11.1 Å². The standard InChI is InChI=1S/C14H16N4O/c1-9(2)18-14(19)12(8-16)5-10-3-4-11(7-15)13(17)6-10/h3-7,9,15H,17H2,1-2H3,(H,18,19)/b12-5+,15-7?. The van der Waals surface area contributed by atoms with E-state index in [0.717, 1.165) is 6.21 Å². The summed E-state index contributed by atoms with van der Waals surface area (Å²) in [6, 6.07) is 6.83. The van der Waals surface area contributed by atoms with Crippen molar-refractivity contribution >= 4 is 23.9 Å². The highest BCUT2D eigenvalue weighted by atomic mass is 16.1. The fourth-order valence-electron chi connectivity index (χ4n) is 1.47. The molecule has 1 amide bonds. The first-order valence-corrected chi connectivity index (χ1v) is 5.80. The third-order valence-electron chi connectivity index (χ3n) is 2.36. The van der Waals surface area contributed by atoms with Gasteiger partial charge in [-0.2, -0.15) is 5.26 Å². The Morgan fingerprint density at radius 3 is 2.68 bits per heavy atom. The molecule has 1 rings (SSSR count). The van der Waals surface area contributed by atoms with Gasteiger partial charge in [0.2, 0.25) is 0 Å². The highest BCUT2D eigenvalue weighted by Crippen LogP contribution is 2.15. The summed E-state index contributed by atoms with van der Waals surface area (Å²) in [4.78, 5) is 11.7. The normalized spacial score (nSPS) is 10.9. The molecule has 98 valence electrons. The zero-order valence-electron chi connectivity index (χ0n) is 10.9. The second-order valence-corrected chi connectivity index (χ2v) is 4.33. The number of rotatable bonds is 4. The smallest absolute Gasteiger partial charge is 0.262 e. The van der Waals surface area contributed by atoms with Crippen molar-refractivity contribution in [3.05, 3.63) is 34.9 Å². The molecule has 0 spiro atoms. The van der Waals surface area contributed by atoms with Crippen LogP contribution >= 0.6 is 0 Å². The van der Waals surface area contributed by atoms with Crippen LogP contribution in [0.1, 0.15) is 25.0 Å². The average molecular weight is 256 g/mol. The van der Waals surface area contributed by atoms with E-state index in [4.69, 9.17) is 16.4 Å². The Bertz CT molecular complexity index is 567. The fourth-order valence-corrected chi connectivity index (χ4v) is 1.47. The van der Waals surface area contributed by atoms with E-state index in [-0.39, 0.29) is 11.6 Å². The minimum atomic E-state index is -0.410. The molecule has 0 aromatic heterocycles. The third-order valence-corrected chi connectivity index (χ3v) is 2.36. The largest absolute Gasteiger partial charge is 0.398 e. The van der Waals surface area contributed by atoms with Crippen molar-refractivity contribution in [2.24, 2.45) is 0 Å². The van der Waals surface area contributed by atoms with Gasteiger partial charge >= 0.3 is 0 Å². The molecule has 0 saturated heterocycles. The quantitative estimate of drug-likeness (QED) is 0.330. The molecule has 1 aromatic carbocycles. The first-order chi connectivity index (χ1) is 8.97. The number of amides is 1. The van der Waals surface area contributed by atoms with Crippen LogP contribution in [0.4, 0.5) is 5.69 Å². The minimum Gasteiger partial charge on any atom is -0.398 e. The van der Waals surface area contributed by atoms with Crippen LogP contribution in [0.3, 0.4) is 0 Å². The molecule has 0 aliphatic carbocycles. The van der Waals surface area contributed by atoms with E-state index < -0.39 is 5.91 Å². The van der Waals surface area contributed by atoms with Gasteiger partial charge in [0.25, 0.3) is 5.91 Å². The molecule has 0 aliphatic heterocycles. The van der Waals surface area contributed by atoms with Gasteiger partial charge in [-0.15, -0.1) is 0 Å². The maximum absolute atomic E-state index is 11.7. The van der Waals surface area contributed by atoms with Gasteiger partial charge in [0, 0.05) is 23.5 Å². The molecule has 1 aromatic rings. The summed E-state index contributed by atoms with van der Waals surface area (Å²) in [5.74, 6) is -0.410. The van der Waals surface area contributed by atoms with E-state index in [9.17, 15) is 4.79 Å². The van der Waals surface area contributed by atoms with Crippen LogP contribution in [0.5, 0.6) is 0 Å². The zero-order valence-corrected chi connectivity index (χ0v) is 10.9. The molecular formula is C14H16N4O. The maximum atomic E-state index is 11.7. The van der Waals surface area contributed by atoms with Gasteiger partial charge in [0.15, 0.2) is 0 Å². The Kier molecular flexibility index (Phi) is 4.84. The molecule has 0 bridgehead atoms. The number of nitrogens with one attached hydrogen (secondary N) is 2. The molecule has 0 heterocycles. The van der Waals surface area contributed by atoms with Crippen molar-refractivity contribution in [3.63, 3.8) is 0 Å². The number of nitrogens with two attached hydrogens (primary N) is 1. The number of hydrogen-bond acceptors (Lipinski definition) is 4. The predicted molar refractivity (Wildman–Crippen MR) is 75.6 cm³/mol. The molecule has 0 saturated carbocycles. The van der Waals surface area contributed by atoms with Gasteiger partial charge < -0.3 is 16.5 Å². The molecule has 5 nitrogen and oxygen atoms in total. The van der Waals surface area contributed by atoms with Gasteiger partial charge in [0.1, 0.15) is 11.6 Å². The highest BCUT2D eigenvalue weighted by Gasteiger charge is 2.10. The van der Waals surface area contributed by atoms with Crippen molar-refractivity contribution in [1.29, 1.82) is 10.7 Å². The molecule has 0 unspecified atom stereocenters. The van der Waals surface area contributed by atoms with E-state index in [0.29, 0.717) is 16.8 Å². The molecule has 4 N–H and O–H groups in total. The van der Waals surface area contributed by atoms with Gasteiger partial charge in [-0.1, -0.05) is 12.1 Å². The second kappa shape index (κ2) is 6.36. The summed E-state index contributed by atoms with van der Waals surface area (Å²) in [5, 5.41) is 18.8. The van der Waals surface area contributed by atoms with E-state index in [1.807, 2.05) is 19.9 Å². The minimum absolute atomic E-state index is 0.0238. The summed E-state index contributed by atoms with van der Waals surface area (Å²) in [6.07, 6.45) is 2.63. The lowest BCUT2D eigenvalue weighted by molar-refractivity contribution is -0.117. The van der Waals surface area contributed by atoms with Gasteiger partial charge in [-0.3, -0.25) is 4.79 Å². The number of nitriles is 1. The fraction of sp³-hybridized carbons (Fsp3) is 0.214. The van der Waals surface area contributed by atoms with Crippen molar-refractivity contribution in [3.8, 4) is 6.07 Å². The maximum Gasteiger partial charge on any atom is 0.262 e. The molecule has 0 atom stereocenters. The lowest BCUT2D eigenvalue weighted by Gasteiger charge is -2.07. The van der Waals surface area contributed by atoms with Crippen molar-refractivity contribution in [2.45, 2.75) is 19.9 Å². The average Bonchev–Trinajstić information content (AvgIpc) is 2.35. The van der Waals surface area contributed by atoms with Gasteiger partial charge in [0.05, 0.1) is 0 Å². The third kappa shape index (κ3) is 3.96. The number of nitrogen functional groups attached to an aromatic ring is 1. The summed E-state index contributed by atoms with van der Waals surface area (Å²) in [6.45, 7) is 3.65. The second-order valence-electron chi connectivity index (χ2n) is 4.33. The summed E-state index contributed by atoms with van der Waals surface area (Å²) in [7, 11) is 0. The Labute approximate surface area is 112 Å². The molecule has 19 heavy (non-hydrogen) atoms. The first-order valence-electron chi connectivity index (χ1n) is 5.80. The Morgan fingerprint density at radius 1 is 1.53 bits per heavy atom. The predicted octanol–water partition coefficient (Wildman–Crippen LogP) is 1.70. The Morgan fingerprint density at radius 2 is 2.21 bits per heavy atom. The Hall–Kier alpha value is -2.61. The number of anilines is 1. The SMILES string of the molecule is CC(C)NC(=O)/C(C#N)=C/c1ccc(C=N)c(N)c1. The molecule has 0 aliphatic rings. The van der Waals surface area contributed by atoms with Crippen molar-refractivity contribution < 1.29 is 4.79 Å². The molecule has 0 fully saturated rings. The van der Waals surface area contributed by atoms with Gasteiger partial charge in [-0.25, -0.2) is 0 Å². The zero-order chi connectivity index (χ0) is 14.4. The van der Waals surface area contributed by atoms with Crippen LogP contribution in [0.2, 0.25) is 0 Å². The Balaban J connectivity index is 3.05. The van der Waals surface area contributed by atoms with E-state index in [2.05, 4.69) is 5.32 Å². The number of carbonyl (C=O) groups excluding carboxylic acids is 1. The van der Waals surface area contributed by atoms with Crippen LogP contribution in [-0.4, -0.2) is 18.2 Å². The summed E-state index contributed by atoms with van der Waals surface area (Å²) in [5.41, 5.74) is 7.45. The van der Waals surface area contributed by atoms with Crippen molar-refractivity contribution in [2.75, 3.05) is 5.73 Å². The van der Waals surface area contributed by atoms with Crippen LogP contribution in [0.15, 0.2) is 23.8 Å². The monoisotopic (exact) mass is 256 g/mol. The van der Waals surface area contributed by atoms with Gasteiger partial charge in [-0.05, 0) is 31.6 Å². The number of carbonyl (C=O) groups is 1. The van der Waals surface area contributed by atoms with E-state index in [1.54, 1.807) is 18.2 Å². The number of hydrogen-bond donors (Lipinski definition) is 3. The lowest BCUT2D eigenvalue weighted by Crippen LogP contribution is -2.30. The summed E-state index contributed by atoms with van der Waals surface area (Å²) < 4.78 is 0. The summed E-state index contributed by atoms with van der Waals surface area (Å²) >= 11 is 0. The van der Waals surface area contributed by atoms with E-state index in [1.165, 1.54) is 6.08 Å². The van der Waals surface area contributed by atoms with Crippen molar-refractivity contribution in [1.82, 2.24) is 5.32 Å². The lowest BCUT2D eigenvalue weighted by atomic mass is 10.1. The first kappa shape index (κ1) is 14.5. The van der Waals surface area contributed by atoms with Crippen LogP contribution in [-0.2, 0) is 4.79 Å². The van der Waals surface area contributed by atoms with E-state index >= 15 is 0 Å². The highest BCUT2D eigenvalue weighted by molar-refractivity contribution is 6.02. The molecule has 0 radical (unpaired) electrons. The number of benzene rings is 1. The topological polar surface area (TPSA) is 103 Å².